The molecule has 106 valence electrons. The number of esters is 1. The van der Waals surface area contributed by atoms with Gasteiger partial charge in [-0.15, -0.1) is 9.19 Å². The van der Waals surface area contributed by atoms with Gasteiger partial charge in [0.15, 0.2) is 0 Å². The normalized spacial score (nSPS) is 11.3. The van der Waals surface area contributed by atoms with Crippen molar-refractivity contribution in [2.24, 2.45) is 0 Å². The number of carbonyl (C=O) groups excluding carboxylic acids is 1. The van der Waals surface area contributed by atoms with Gasteiger partial charge in [0.05, 0.1) is 11.8 Å². The summed E-state index contributed by atoms with van der Waals surface area (Å²) in [6.07, 6.45) is 0.888. The Bertz CT molecular complexity index is 770. The highest BCUT2D eigenvalue weighted by atomic mass is 32.2. The Kier molecular flexibility index (Phi) is 3.45. The Morgan fingerprint density at radius 1 is 1.40 bits per heavy atom. The minimum Gasteiger partial charge on any atom is -0.402 e. The SMILES string of the molecule is CS(=O)(=O)n1nc(OC(=O)c2ccccc2F)cc1N. The van der Waals surface area contributed by atoms with E-state index in [2.05, 4.69) is 5.10 Å². The van der Waals surface area contributed by atoms with Crippen molar-refractivity contribution in [2.75, 3.05) is 12.0 Å². The summed E-state index contributed by atoms with van der Waals surface area (Å²) in [5.74, 6) is -2.31. The van der Waals surface area contributed by atoms with E-state index >= 15 is 0 Å². The van der Waals surface area contributed by atoms with E-state index in [1.807, 2.05) is 0 Å². The number of ether oxygens (including phenoxy) is 1. The number of rotatable bonds is 3. The summed E-state index contributed by atoms with van der Waals surface area (Å²) >= 11 is 0. The van der Waals surface area contributed by atoms with Gasteiger partial charge in [-0.3, -0.25) is 0 Å². The monoisotopic (exact) mass is 299 g/mol. The van der Waals surface area contributed by atoms with Crippen LogP contribution in [-0.2, 0) is 10.0 Å². The molecule has 0 aliphatic heterocycles. The first-order valence-electron chi connectivity index (χ1n) is 5.32. The van der Waals surface area contributed by atoms with Crippen LogP contribution in [0.2, 0.25) is 0 Å². The molecule has 0 unspecified atom stereocenters. The second-order valence-electron chi connectivity index (χ2n) is 3.88. The van der Waals surface area contributed by atoms with E-state index in [-0.39, 0.29) is 17.3 Å². The lowest BCUT2D eigenvalue weighted by Gasteiger charge is -2.01. The van der Waals surface area contributed by atoms with Crippen LogP contribution in [0.25, 0.3) is 0 Å². The third kappa shape index (κ3) is 2.77. The Labute approximate surface area is 113 Å². The van der Waals surface area contributed by atoms with Gasteiger partial charge in [0.1, 0.15) is 11.6 Å². The second kappa shape index (κ2) is 4.93. The van der Waals surface area contributed by atoms with Crippen molar-refractivity contribution in [3.8, 4) is 5.88 Å². The van der Waals surface area contributed by atoms with E-state index in [0.29, 0.717) is 4.09 Å². The Morgan fingerprint density at radius 2 is 2.05 bits per heavy atom. The number of carbonyl (C=O) groups is 1. The van der Waals surface area contributed by atoms with Crippen LogP contribution in [0.15, 0.2) is 30.3 Å². The van der Waals surface area contributed by atoms with Gasteiger partial charge in [-0.05, 0) is 12.1 Å². The second-order valence-corrected chi connectivity index (χ2v) is 5.69. The summed E-state index contributed by atoms with van der Waals surface area (Å²) in [7, 11) is -3.71. The molecule has 0 aliphatic carbocycles. The number of nitrogens with two attached hydrogens (primary N) is 1. The predicted molar refractivity (Wildman–Crippen MR) is 68.2 cm³/mol. The van der Waals surface area contributed by atoms with Crippen LogP contribution < -0.4 is 10.5 Å². The minimum atomic E-state index is -3.71. The third-order valence-electron chi connectivity index (χ3n) is 2.29. The molecule has 1 aromatic heterocycles. The van der Waals surface area contributed by atoms with Crippen LogP contribution in [0, 0.1) is 5.82 Å². The topological polar surface area (TPSA) is 104 Å². The third-order valence-corrected chi connectivity index (χ3v) is 3.21. The number of benzene rings is 1. The highest BCUT2D eigenvalue weighted by Crippen LogP contribution is 2.17. The van der Waals surface area contributed by atoms with Gasteiger partial charge < -0.3 is 10.5 Å². The molecule has 7 nitrogen and oxygen atoms in total. The molecule has 0 bridgehead atoms. The van der Waals surface area contributed by atoms with Gasteiger partial charge in [-0.1, -0.05) is 12.1 Å². The quantitative estimate of drug-likeness (QED) is 0.834. The van der Waals surface area contributed by atoms with Gasteiger partial charge in [-0.25, -0.2) is 17.6 Å². The van der Waals surface area contributed by atoms with Crippen molar-refractivity contribution in [2.45, 2.75) is 0 Å². The minimum absolute atomic E-state index is 0.219. The van der Waals surface area contributed by atoms with Gasteiger partial charge in [0.25, 0.3) is 10.0 Å². The molecule has 9 heteroatoms. The molecule has 0 aliphatic rings. The lowest BCUT2D eigenvalue weighted by molar-refractivity contribution is 0.0722. The van der Waals surface area contributed by atoms with Gasteiger partial charge in [0, 0.05) is 6.07 Å². The molecule has 1 heterocycles. The number of anilines is 1. The zero-order valence-electron chi connectivity index (χ0n) is 10.3. The molecular formula is C11H10FN3O4S. The summed E-state index contributed by atoms with van der Waals surface area (Å²) in [5, 5.41) is 3.51. The molecule has 0 amide bonds. The van der Waals surface area contributed by atoms with E-state index in [0.717, 1.165) is 18.4 Å². The molecule has 0 saturated heterocycles. The van der Waals surface area contributed by atoms with Crippen molar-refractivity contribution in [1.29, 1.82) is 0 Å². The Balaban J connectivity index is 2.28. The standard InChI is InChI=1S/C11H10FN3O4S/c1-20(17,18)15-9(13)6-10(14-15)19-11(16)7-4-2-3-5-8(7)12/h2-6H,13H2,1H3. The predicted octanol–water partition coefficient (Wildman–Crippen LogP) is 0.631. The Morgan fingerprint density at radius 3 is 2.60 bits per heavy atom. The van der Waals surface area contributed by atoms with Gasteiger partial charge in [0.2, 0.25) is 5.88 Å². The fourth-order valence-electron chi connectivity index (χ4n) is 1.45. The highest BCUT2D eigenvalue weighted by molar-refractivity contribution is 7.89. The molecular weight excluding hydrogens is 289 g/mol. The average Bonchev–Trinajstić information content (AvgIpc) is 2.70. The summed E-state index contributed by atoms with van der Waals surface area (Å²) in [4.78, 5) is 11.7. The number of aromatic nitrogens is 2. The maximum absolute atomic E-state index is 13.4. The number of hydrogen-bond donors (Lipinski definition) is 1. The molecule has 2 N–H and O–H groups in total. The largest absolute Gasteiger partial charge is 0.402 e. The first-order chi connectivity index (χ1) is 9.29. The van der Waals surface area contributed by atoms with Gasteiger partial charge in [-0.2, -0.15) is 0 Å². The maximum Gasteiger partial charge on any atom is 0.347 e. The van der Waals surface area contributed by atoms with Crippen LogP contribution in [0.3, 0.4) is 0 Å². The zero-order chi connectivity index (χ0) is 14.9. The van der Waals surface area contributed by atoms with E-state index in [9.17, 15) is 17.6 Å². The first kappa shape index (κ1) is 14.0. The van der Waals surface area contributed by atoms with Crippen molar-refractivity contribution in [3.63, 3.8) is 0 Å². The van der Waals surface area contributed by atoms with Crippen molar-refractivity contribution in [3.05, 3.63) is 41.7 Å². The van der Waals surface area contributed by atoms with Crippen molar-refractivity contribution >= 4 is 21.8 Å². The first-order valence-corrected chi connectivity index (χ1v) is 7.16. The summed E-state index contributed by atoms with van der Waals surface area (Å²) in [6.45, 7) is 0. The zero-order valence-corrected chi connectivity index (χ0v) is 11.1. The molecule has 2 aromatic rings. The summed E-state index contributed by atoms with van der Waals surface area (Å²) < 4.78 is 41.3. The van der Waals surface area contributed by atoms with E-state index in [4.69, 9.17) is 10.5 Å². The van der Waals surface area contributed by atoms with Crippen LogP contribution >= 0.6 is 0 Å². The lowest BCUT2D eigenvalue weighted by Crippen LogP contribution is -2.15. The van der Waals surface area contributed by atoms with E-state index < -0.39 is 21.8 Å². The number of nitrogen functional groups attached to an aromatic ring is 1. The molecule has 20 heavy (non-hydrogen) atoms. The fourth-order valence-corrected chi connectivity index (χ4v) is 2.11. The van der Waals surface area contributed by atoms with Crippen LogP contribution in [0.4, 0.5) is 10.2 Å². The smallest absolute Gasteiger partial charge is 0.347 e. The maximum atomic E-state index is 13.4. The molecule has 0 saturated carbocycles. The molecule has 0 spiro atoms. The molecule has 0 atom stereocenters. The fraction of sp³-hybridized carbons (Fsp3) is 0.0909. The number of nitrogens with zero attached hydrogens (tertiary/aromatic N) is 2. The van der Waals surface area contributed by atoms with Crippen molar-refractivity contribution < 1.29 is 22.3 Å². The molecule has 0 radical (unpaired) electrons. The lowest BCUT2D eigenvalue weighted by atomic mass is 10.2. The van der Waals surface area contributed by atoms with Crippen LogP contribution in [0.1, 0.15) is 10.4 Å². The average molecular weight is 299 g/mol. The van der Waals surface area contributed by atoms with Crippen LogP contribution in [-0.4, -0.2) is 29.8 Å². The van der Waals surface area contributed by atoms with E-state index in [1.54, 1.807) is 0 Å². The number of hydrogen-bond acceptors (Lipinski definition) is 6. The van der Waals surface area contributed by atoms with Crippen LogP contribution in [0.5, 0.6) is 5.88 Å². The molecule has 2 rings (SSSR count). The molecule has 0 fully saturated rings. The Hall–Kier alpha value is -2.42. The van der Waals surface area contributed by atoms with Crippen molar-refractivity contribution in [1.82, 2.24) is 9.19 Å². The highest BCUT2D eigenvalue weighted by Gasteiger charge is 2.18. The summed E-state index contributed by atoms with van der Waals surface area (Å²) in [5.41, 5.74) is 5.14. The van der Waals surface area contributed by atoms with E-state index in [1.165, 1.54) is 18.2 Å². The summed E-state index contributed by atoms with van der Waals surface area (Å²) in [6, 6.07) is 6.26. The number of halogens is 1. The molecule has 1 aromatic carbocycles. The van der Waals surface area contributed by atoms with Gasteiger partial charge >= 0.3 is 5.97 Å².